The van der Waals surface area contributed by atoms with Gasteiger partial charge in [-0.3, -0.25) is 0 Å². The molecule has 0 saturated heterocycles. The molecule has 0 saturated carbocycles. The lowest BCUT2D eigenvalue weighted by Gasteiger charge is -2.28. The van der Waals surface area contributed by atoms with E-state index in [0.29, 0.717) is 29.2 Å². The molecule has 0 amide bonds. The molecule has 5 nitrogen and oxygen atoms in total. The van der Waals surface area contributed by atoms with Crippen molar-refractivity contribution in [2.45, 2.75) is 33.2 Å². The van der Waals surface area contributed by atoms with Gasteiger partial charge in [-0.2, -0.15) is 0 Å². The monoisotopic (exact) mass is 295 g/mol. The summed E-state index contributed by atoms with van der Waals surface area (Å²) in [5, 5.41) is 0. The van der Waals surface area contributed by atoms with E-state index in [9.17, 15) is 4.79 Å². The topological polar surface area (TPSA) is 68.5 Å². The van der Waals surface area contributed by atoms with Gasteiger partial charge in [0.15, 0.2) is 0 Å². The van der Waals surface area contributed by atoms with Crippen molar-refractivity contribution in [3.63, 3.8) is 0 Å². The Bertz CT molecular complexity index is 503. The van der Waals surface area contributed by atoms with Gasteiger partial charge < -0.3 is 15.4 Å². The highest BCUT2D eigenvalue weighted by molar-refractivity contribution is 7.80. The van der Waals surface area contributed by atoms with Crippen LogP contribution >= 0.6 is 12.2 Å². The highest BCUT2D eigenvalue weighted by Crippen LogP contribution is 2.18. The van der Waals surface area contributed by atoms with E-state index in [0.717, 1.165) is 5.82 Å². The minimum atomic E-state index is -0.374. The molecule has 0 bridgehead atoms. The number of aromatic nitrogens is 1. The smallest absolute Gasteiger partial charge is 0.339 e. The van der Waals surface area contributed by atoms with E-state index >= 15 is 0 Å². The number of ether oxygens (including phenoxy) is 1. The molecule has 0 spiro atoms. The van der Waals surface area contributed by atoms with Crippen molar-refractivity contribution in [1.82, 2.24) is 4.98 Å². The second kappa shape index (κ2) is 7.19. The Labute approximate surface area is 125 Å². The number of carbonyl (C=O) groups excluding carboxylic acids is 1. The van der Waals surface area contributed by atoms with Crippen LogP contribution in [0.15, 0.2) is 12.1 Å². The third kappa shape index (κ3) is 4.16. The molecule has 20 heavy (non-hydrogen) atoms. The van der Waals surface area contributed by atoms with Gasteiger partial charge in [0.2, 0.25) is 0 Å². The second-order valence-corrected chi connectivity index (χ2v) is 5.32. The summed E-state index contributed by atoms with van der Waals surface area (Å²) >= 11 is 4.92. The molecule has 1 aromatic rings. The summed E-state index contributed by atoms with van der Waals surface area (Å²) in [7, 11) is 1.36. The quantitative estimate of drug-likeness (QED) is 0.640. The van der Waals surface area contributed by atoms with Gasteiger partial charge in [0.05, 0.1) is 23.4 Å². The standard InChI is InChI=1S/C14H21N3O2S/c1-9(2)17(8-7-12(15)20)13-6-5-11(10(3)16-13)14(18)19-4/h5-6,9H,7-8H2,1-4H3,(H2,15,20). The van der Waals surface area contributed by atoms with E-state index in [1.54, 1.807) is 13.0 Å². The van der Waals surface area contributed by atoms with E-state index in [4.69, 9.17) is 22.7 Å². The van der Waals surface area contributed by atoms with Crippen LogP contribution in [0.3, 0.4) is 0 Å². The van der Waals surface area contributed by atoms with Crippen LogP contribution in [0.5, 0.6) is 0 Å². The number of thiocarbonyl (C=S) groups is 1. The number of pyridine rings is 1. The number of nitrogens with two attached hydrogens (primary N) is 1. The van der Waals surface area contributed by atoms with Crippen molar-refractivity contribution in [2.24, 2.45) is 5.73 Å². The lowest BCUT2D eigenvalue weighted by molar-refractivity contribution is 0.0599. The van der Waals surface area contributed by atoms with Gasteiger partial charge in [0.25, 0.3) is 0 Å². The van der Waals surface area contributed by atoms with E-state index in [2.05, 4.69) is 23.7 Å². The molecular weight excluding hydrogens is 274 g/mol. The molecule has 0 atom stereocenters. The zero-order chi connectivity index (χ0) is 15.3. The number of aryl methyl sites for hydroxylation is 1. The van der Waals surface area contributed by atoms with Crippen LogP contribution in [0, 0.1) is 6.92 Å². The highest BCUT2D eigenvalue weighted by atomic mass is 32.1. The summed E-state index contributed by atoms with van der Waals surface area (Å²) in [5.41, 5.74) is 6.68. The summed E-state index contributed by atoms with van der Waals surface area (Å²) < 4.78 is 4.72. The number of esters is 1. The van der Waals surface area contributed by atoms with Gasteiger partial charge in [-0.25, -0.2) is 9.78 Å². The summed E-state index contributed by atoms with van der Waals surface area (Å²) in [6, 6.07) is 3.82. The normalized spacial score (nSPS) is 10.4. The predicted molar refractivity (Wildman–Crippen MR) is 84.2 cm³/mol. The third-order valence-corrected chi connectivity index (χ3v) is 3.20. The van der Waals surface area contributed by atoms with Gasteiger partial charge >= 0.3 is 5.97 Å². The van der Waals surface area contributed by atoms with Crippen molar-refractivity contribution in [2.75, 3.05) is 18.6 Å². The lowest BCUT2D eigenvalue weighted by atomic mass is 10.2. The van der Waals surface area contributed by atoms with Crippen LogP contribution in [0.4, 0.5) is 5.82 Å². The Morgan fingerprint density at radius 3 is 2.60 bits per heavy atom. The van der Waals surface area contributed by atoms with E-state index in [1.165, 1.54) is 7.11 Å². The number of rotatable bonds is 6. The molecule has 0 fully saturated rings. The van der Waals surface area contributed by atoms with Crippen molar-refractivity contribution in [3.8, 4) is 0 Å². The minimum absolute atomic E-state index is 0.264. The maximum atomic E-state index is 11.6. The summed E-state index contributed by atoms with van der Waals surface area (Å²) in [5.74, 6) is 0.433. The average molecular weight is 295 g/mol. The average Bonchev–Trinajstić information content (AvgIpc) is 2.37. The molecule has 0 unspecified atom stereocenters. The van der Waals surface area contributed by atoms with Gasteiger partial charge in [-0.05, 0) is 32.9 Å². The van der Waals surface area contributed by atoms with Crippen molar-refractivity contribution < 1.29 is 9.53 Å². The van der Waals surface area contributed by atoms with E-state index in [1.807, 2.05) is 6.07 Å². The first-order valence-corrected chi connectivity index (χ1v) is 6.88. The molecule has 6 heteroatoms. The Morgan fingerprint density at radius 2 is 2.15 bits per heavy atom. The zero-order valence-electron chi connectivity index (χ0n) is 12.3. The number of carbonyl (C=O) groups is 1. The number of nitrogens with zero attached hydrogens (tertiary/aromatic N) is 2. The first-order chi connectivity index (χ1) is 9.36. The fourth-order valence-corrected chi connectivity index (χ4v) is 1.99. The number of methoxy groups -OCH3 is 1. The number of hydrogen-bond acceptors (Lipinski definition) is 5. The highest BCUT2D eigenvalue weighted by Gasteiger charge is 2.16. The molecule has 1 aromatic heterocycles. The van der Waals surface area contributed by atoms with Crippen LogP contribution in [0.2, 0.25) is 0 Å². The largest absolute Gasteiger partial charge is 0.465 e. The first kappa shape index (κ1) is 16.4. The second-order valence-electron chi connectivity index (χ2n) is 4.80. The molecule has 2 N–H and O–H groups in total. The van der Waals surface area contributed by atoms with Gasteiger partial charge in [-0.15, -0.1) is 0 Å². The van der Waals surface area contributed by atoms with Crippen molar-refractivity contribution in [3.05, 3.63) is 23.4 Å². The predicted octanol–water partition coefficient (Wildman–Crippen LogP) is 2.07. The summed E-state index contributed by atoms with van der Waals surface area (Å²) in [6.45, 7) is 6.65. The van der Waals surface area contributed by atoms with Crippen LogP contribution in [-0.4, -0.2) is 35.6 Å². The molecular formula is C14H21N3O2S. The van der Waals surface area contributed by atoms with Crippen molar-refractivity contribution in [1.29, 1.82) is 0 Å². The molecule has 0 aliphatic heterocycles. The van der Waals surface area contributed by atoms with Crippen LogP contribution in [0.1, 0.15) is 36.3 Å². The van der Waals surface area contributed by atoms with Crippen LogP contribution in [-0.2, 0) is 4.74 Å². The van der Waals surface area contributed by atoms with Crippen LogP contribution in [0.25, 0.3) is 0 Å². The Morgan fingerprint density at radius 1 is 1.50 bits per heavy atom. The molecule has 0 aliphatic rings. The summed E-state index contributed by atoms with van der Waals surface area (Å²) in [4.78, 5) is 18.6. The lowest BCUT2D eigenvalue weighted by Crippen LogP contribution is -2.34. The first-order valence-electron chi connectivity index (χ1n) is 6.47. The number of hydrogen-bond donors (Lipinski definition) is 1. The Hall–Kier alpha value is -1.69. The Kier molecular flexibility index (Phi) is 5.88. The maximum absolute atomic E-state index is 11.6. The number of anilines is 1. The third-order valence-electron chi connectivity index (χ3n) is 2.99. The Balaban J connectivity index is 3.00. The molecule has 1 rings (SSSR count). The van der Waals surface area contributed by atoms with Crippen molar-refractivity contribution >= 4 is 29.0 Å². The maximum Gasteiger partial charge on any atom is 0.339 e. The van der Waals surface area contributed by atoms with Gasteiger partial charge in [0, 0.05) is 19.0 Å². The fraction of sp³-hybridized carbons (Fsp3) is 0.500. The molecule has 0 radical (unpaired) electrons. The molecule has 1 heterocycles. The van der Waals surface area contributed by atoms with E-state index < -0.39 is 0 Å². The molecule has 0 aromatic carbocycles. The van der Waals surface area contributed by atoms with Gasteiger partial charge in [-0.1, -0.05) is 12.2 Å². The summed E-state index contributed by atoms with van der Waals surface area (Å²) in [6.07, 6.45) is 0.632. The SMILES string of the molecule is COC(=O)c1ccc(N(CCC(N)=S)C(C)C)nc1C. The van der Waals surface area contributed by atoms with E-state index in [-0.39, 0.29) is 12.0 Å². The zero-order valence-corrected chi connectivity index (χ0v) is 13.2. The molecule has 110 valence electrons. The van der Waals surface area contributed by atoms with Crippen LogP contribution < -0.4 is 10.6 Å². The fourth-order valence-electron chi connectivity index (χ4n) is 1.90. The van der Waals surface area contributed by atoms with Gasteiger partial charge in [0.1, 0.15) is 5.82 Å². The molecule has 0 aliphatic carbocycles. The minimum Gasteiger partial charge on any atom is -0.465 e.